The average Bonchev–Trinajstić information content (AvgIpc) is 2.53. The van der Waals surface area contributed by atoms with Gasteiger partial charge in [0.25, 0.3) is 0 Å². The van der Waals surface area contributed by atoms with Crippen molar-refractivity contribution in [2.75, 3.05) is 26.2 Å². The molecule has 118 valence electrons. The molecular formula is C16H21N3O3. The molecular weight excluding hydrogens is 282 g/mol. The first-order valence-corrected chi connectivity index (χ1v) is 7.36. The highest BCUT2D eigenvalue weighted by Gasteiger charge is 2.26. The SMILES string of the molecule is CC(=O)N1CCN(C(=O)C(=O)NCc2ccccc2C)CC1. The lowest BCUT2D eigenvalue weighted by atomic mass is 10.1. The van der Waals surface area contributed by atoms with Crippen LogP contribution in [0.2, 0.25) is 0 Å². The summed E-state index contributed by atoms with van der Waals surface area (Å²) in [6, 6.07) is 7.72. The Hall–Kier alpha value is -2.37. The Kier molecular flexibility index (Phi) is 5.14. The third-order valence-corrected chi connectivity index (χ3v) is 3.91. The number of aryl methyl sites for hydroxylation is 1. The van der Waals surface area contributed by atoms with Crippen molar-refractivity contribution in [3.63, 3.8) is 0 Å². The first-order chi connectivity index (χ1) is 10.5. The molecule has 0 aliphatic carbocycles. The summed E-state index contributed by atoms with van der Waals surface area (Å²) >= 11 is 0. The molecule has 0 aromatic heterocycles. The van der Waals surface area contributed by atoms with Gasteiger partial charge in [0.1, 0.15) is 0 Å². The number of piperazine rings is 1. The van der Waals surface area contributed by atoms with E-state index >= 15 is 0 Å². The number of nitrogens with one attached hydrogen (secondary N) is 1. The second-order valence-electron chi connectivity index (χ2n) is 5.41. The summed E-state index contributed by atoms with van der Waals surface area (Å²) in [6.07, 6.45) is 0. The van der Waals surface area contributed by atoms with Crippen LogP contribution in [-0.2, 0) is 20.9 Å². The molecule has 0 unspecified atom stereocenters. The fourth-order valence-corrected chi connectivity index (χ4v) is 2.43. The van der Waals surface area contributed by atoms with Gasteiger partial charge in [0, 0.05) is 39.6 Å². The first kappa shape index (κ1) is 16.0. The zero-order valence-electron chi connectivity index (χ0n) is 13.0. The summed E-state index contributed by atoms with van der Waals surface area (Å²) in [5, 5.41) is 2.66. The van der Waals surface area contributed by atoms with Crippen LogP contribution in [0.1, 0.15) is 18.1 Å². The van der Waals surface area contributed by atoms with Crippen molar-refractivity contribution in [1.29, 1.82) is 0 Å². The van der Waals surface area contributed by atoms with Gasteiger partial charge >= 0.3 is 11.8 Å². The van der Waals surface area contributed by atoms with Crippen LogP contribution in [0, 0.1) is 6.92 Å². The summed E-state index contributed by atoms with van der Waals surface area (Å²) in [6.45, 7) is 5.56. The molecule has 0 spiro atoms. The number of hydrogen-bond acceptors (Lipinski definition) is 3. The van der Waals surface area contributed by atoms with Crippen LogP contribution in [0.25, 0.3) is 0 Å². The van der Waals surface area contributed by atoms with Gasteiger partial charge in [0.2, 0.25) is 5.91 Å². The molecule has 2 rings (SSSR count). The van der Waals surface area contributed by atoms with Crippen molar-refractivity contribution in [3.8, 4) is 0 Å². The fraction of sp³-hybridized carbons (Fsp3) is 0.438. The van der Waals surface area contributed by atoms with Gasteiger partial charge in [-0.1, -0.05) is 24.3 Å². The van der Waals surface area contributed by atoms with E-state index in [0.29, 0.717) is 32.7 Å². The van der Waals surface area contributed by atoms with Crippen LogP contribution in [0.4, 0.5) is 0 Å². The van der Waals surface area contributed by atoms with Crippen LogP contribution >= 0.6 is 0 Å². The zero-order chi connectivity index (χ0) is 16.1. The first-order valence-electron chi connectivity index (χ1n) is 7.36. The lowest BCUT2D eigenvalue weighted by Gasteiger charge is -2.33. The Morgan fingerprint density at radius 2 is 1.64 bits per heavy atom. The third kappa shape index (κ3) is 3.84. The minimum Gasteiger partial charge on any atom is -0.344 e. The summed E-state index contributed by atoms with van der Waals surface area (Å²) < 4.78 is 0. The molecule has 22 heavy (non-hydrogen) atoms. The van der Waals surface area contributed by atoms with E-state index in [0.717, 1.165) is 11.1 Å². The highest BCUT2D eigenvalue weighted by molar-refractivity contribution is 6.35. The maximum atomic E-state index is 12.1. The Morgan fingerprint density at radius 3 is 2.23 bits per heavy atom. The van der Waals surface area contributed by atoms with E-state index in [-0.39, 0.29) is 5.91 Å². The monoisotopic (exact) mass is 303 g/mol. The highest BCUT2D eigenvalue weighted by Crippen LogP contribution is 2.07. The van der Waals surface area contributed by atoms with Gasteiger partial charge in [0.05, 0.1) is 0 Å². The molecule has 0 saturated carbocycles. The van der Waals surface area contributed by atoms with Crippen molar-refractivity contribution < 1.29 is 14.4 Å². The Balaban J connectivity index is 1.84. The normalized spacial score (nSPS) is 14.6. The predicted octanol–water partition coefficient (Wildman–Crippen LogP) is 0.302. The quantitative estimate of drug-likeness (QED) is 0.799. The third-order valence-electron chi connectivity index (χ3n) is 3.91. The minimum atomic E-state index is -0.598. The number of carbonyl (C=O) groups is 3. The standard InChI is InChI=1S/C16H21N3O3/c1-12-5-3-4-6-14(12)11-17-15(21)16(22)19-9-7-18(8-10-19)13(2)20/h3-6H,7-11H2,1-2H3,(H,17,21). The van der Waals surface area contributed by atoms with Crippen molar-refractivity contribution >= 4 is 17.7 Å². The average molecular weight is 303 g/mol. The highest BCUT2D eigenvalue weighted by atomic mass is 16.2. The van der Waals surface area contributed by atoms with E-state index in [1.807, 2.05) is 31.2 Å². The molecule has 1 fully saturated rings. The molecule has 6 heteroatoms. The van der Waals surface area contributed by atoms with Crippen LogP contribution in [-0.4, -0.2) is 53.7 Å². The largest absolute Gasteiger partial charge is 0.344 e. The topological polar surface area (TPSA) is 69.7 Å². The number of benzene rings is 1. The molecule has 1 aromatic rings. The smallest absolute Gasteiger partial charge is 0.312 e. The Morgan fingerprint density at radius 1 is 1.05 bits per heavy atom. The number of hydrogen-bond donors (Lipinski definition) is 1. The van der Waals surface area contributed by atoms with Gasteiger partial charge in [-0.05, 0) is 18.1 Å². The van der Waals surface area contributed by atoms with Gasteiger partial charge in [-0.15, -0.1) is 0 Å². The van der Waals surface area contributed by atoms with Gasteiger partial charge in [-0.2, -0.15) is 0 Å². The van der Waals surface area contributed by atoms with Gasteiger partial charge in [0.15, 0.2) is 0 Å². The summed E-state index contributed by atoms with van der Waals surface area (Å²) in [5.41, 5.74) is 2.07. The maximum absolute atomic E-state index is 12.1. The molecule has 0 atom stereocenters. The van der Waals surface area contributed by atoms with Crippen molar-refractivity contribution in [2.24, 2.45) is 0 Å². The molecule has 1 N–H and O–H groups in total. The predicted molar refractivity (Wildman–Crippen MR) is 81.9 cm³/mol. The lowest BCUT2D eigenvalue weighted by molar-refractivity contribution is -0.148. The number of carbonyl (C=O) groups excluding carboxylic acids is 3. The molecule has 6 nitrogen and oxygen atoms in total. The number of rotatable bonds is 2. The van der Waals surface area contributed by atoms with Gasteiger partial charge < -0.3 is 15.1 Å². The van der Waals surface area contributed by atoms with E-state index in [1.165, 1.54) is 11.8 Å². The zero-order valence-corrected chi connectivity index (χ0v) is 13.0. The second-order valence-corrected chi connectivity index (χ2v) is 5.41. The van der Waals surface area contributed by atoms with Crippen LogP contribution in [0.15, 0.2) is 24.3 Å². The molecule has 1 saturated heterocycles. The molecule has 0 radical (unpaired) electrons. The Bertz CT molecular complexity index is 578. The van der Waals surface area contributed by atoms with Crippen molar-refractivity contribution in [1.82, 2.24) is 15.1 Å². The van der Waals surface area contributed by atoms with Crippen molar-refractivity contribution in [2.45, 2.75) is 20.4 Å². The van der Waals surface area contributed by atoms with E-state index in [1.54, 1.807) is 4.90 Å². The molecule has 1 aromatic carbocycles. The van der Waals surface area contributed by atoms with Gasteiger partial charge in [-0.25, -0.2) is 0 Å². The molecule has 1 aliphatic rings. The van der Waals surface area contributed by atoms with Gasteiger partial charge in [-0.3, -0.25) is 14.4 Å². The summed E-state index contributed by atoms with van der Waals surface area (Å²) in [5.74, 6) is -1.13. The van der Waals surface area contributed by atoms with Crippen LogP contribution in [0.5, 0.6) is 0 Å². The molecule has 1 aliphatic heterocycles. The number of amides is 3. The second kappa shape index (κ2) is 7.06. The number of nitrogens with zero attached hydrogens (tertiary/aromatic N) is 2. The van der Waals surface area contributed by atoms with E-state index < -0.39 is 11.8 Å². The lowest BCUT2D eigenvalue weighted by Crippen LogP contribution is -2.53. The van der Waals surface area contributed by atoms with Crippen LogP contribution < -0.4 is 5.32 Å². The van der Waals surface area contributed by atoms with E-state index in [4.69, 9.17) is 0 Å². The molecule has 0 bridgehead atoms. The Labute approximate surface area is 130 Å². The fourth-order valence-electron chi connectivity index (χ4n) is 2.43. The van der Waals surface area contributed by atoms with E-state index in [9.17, 15) is 14.4 Å². The van der Waals surface area contributed by atoms with Crippen LogP contribution in [0.3, 0.4) is 0 Å². The summed E-state index contributed by atoms with van der Waals surface area (Å²) in [7, 11) is 0. The minimum absolute atomic E-state index is 0.00361. The maximum Gasteiger partial charge on any atom is 0.312 e. The summed E-state index contributed by atoms with van der Waals surface area (Å²) in [4.78, 5) is 38.5. The van der Waals surface area contributed by atoms with E-state index in [2.05, 4.69) is 5.32 Å². The molecule has 1 heterocycles. The molecule has 3 amide bonds. The van der Waals surface area contributed by atoms with Crippen molar-refractivity contribution in [3.05, 3.63) is 35.4 Å².